The maximum atomic E-state index is 9.39. The maximum absolute atomic E-state index is 9.39. The molecule has 3 fully saturated rings. The molecule has 2 bridgehead atoms. The van der Waals surface area contributed by atoms with Gasteiger partial charge in [-0.25, -0.2) is 0 Å². The molecule has 0 radical (unpaired) electrons. The molecule has 4 rings (SSSR count). The third-order valence-corrected chi connectivity index (χ3v) is 5.87. The first-order valence-electron chi connectivity index (χ1n) is 8.22. The molecule has 1 aromatic carbocycles. The van der Waals surface area contributed by atoms with Gasteiger partial charge < -0.3 is 10.1 Å². The minimum Gasteiger partial charge on any atom is -0.411 e. The van der Waals surface area contributed by atoms with Crippen molar-refractivity contribution in [2.45, 2.75) is 25.3 Å². The molecule has 0 amide bonds. The van der Waals surface area contributed by atoms with Crippen molar-refractivity contribution in [3.8, 4) is 0 Å². The Hall–Kier alpha value is -1.26. The Morgan fingerprint density at radius 1 is 1.14 bits per heavy atom. The first-order chi connectivity index (χ1) is 10.8. The topological polar surface area (TPSA) is 39.1 Å². The molecule has 1 heterocycles. The summed E-state index contributed by atoms with van der Waals surface area (Å²) < 4.78 is 0. The lowest BCUT2D eigenvalue weighted by Crippen LogP contribution is -2.54. The summed E-state index contributed by atoms with van der Waals surface area (Å²) in [5, 5.41) is 13.8. The van der Waals surface area contributed by atoms with E-state index in [2.05, 4.69) is 21.0 Å². The van der Waals surface area contributed by atoms with Gasteiger partial charge in [-0.15, -0.1) is 0 Å². The minimum atomic E-state index is 0.380. The average molecular weight is 320 g/mol. The fraction of sp³-hybridized carbons (Fsp3) is 0.588. The quantitative estimate of drug-likeness (QED) is 0.672. The van der Waals surface area contributed by atoms with Crippen molar-refractivity contribution in [3.05, 3.63) is 29.3 Å². The summed E-state index contributed by atoms with van der Waals surface area (Å²) in [7, 11) is 0. The van der Waals surface area contributed by atoms with E-state index >= 15 is 0 Å². The number of piperazine rings is 1. The van der Waals surface area contributed by atoms with Gasteiger partial charge >= 0.3 is 0 Å². The van der Waals surface area contributed by atoms with E-state index in [9.17, 15) is 5.21 Å². The largest absolute Gasteiger partial charge is 0.411 e. The van der Waals surface area contributed by atoms with Gasteiger partial charge in [-0.3, -0.25) is 4.90 Å². The summed E-state index contributed by atoms with van der Waals surface area (Å²) >= 11 is 6.10. The second-order valence-electron chi connectivity index (χ2n) is 6.74. The Bertz CT molecular complexity index is 583. The Balaban J connectivity index is 1.44. The van der Waals surface area contributed by atoms with Gasteiger partial charge in [0.2, 0.25) is 0 Å². The van der Waals surface area contributed by atoms with Gasteiger partial charge in [-0.2, -0.15) is 0 Å². The predicted molar refractivity (Wildman–Crippen MR) is 89.1 cm³/mol. The lowest BCUT2D eigenvalue weighted by molar-refractivity contribution is 0.181. The summed E-state index contributed by atoms with van der Waals surface area (Å²) in [6.07, 6.45) is 3.73. The highest BCUT2D eigenvalue weighted by Crippen LogP contribution is 2.45. The molecule has 22 heavy (non-hydrogen) atoms. The van der Waals surface area contributed by atoms with Gasteiger partial charge in [-0.1, -0.05) is 22.8 Å². The highest BCUT2D eigenvalue weighted by atomic mass is 35.5. The molecule has 3 atom stereocenters. The zero-order valence-electron chi connectivity index (χ0n) is 12.7. The van der Waals surface area contributed by atoms with Crippen LogP contribution in [0.4, 0.5) is 5.69 Å². The molecule has 1 saturated heterocycles. The third-order valence-electron chi connectivity index (χ3n) is 5.64. The number of fused-ring (bicyclic) bond motifs is 2. The lowest BCUT2D eigenvalue weighted by atomic mass is 9.91. The van der Waals surface area contributed by atoms with Crippen LogP contribution in [-0.4, -0.2) is 48.0 Å². The fourth-order valence-corrected chi connectivity index (χ4v) is 4.80. The van der Waals surface area contributed by atoms with Gasteiger partial charge in [0.05, 0.1) is 11.8 Å². The monoisotopic (exact) mass is 319 g/mol. The number of rotatable bonds is 2. The molecule has 118 valence electrons. The normalized spacial score (nSPS) is 33.8. The Labute approximate surface area is 136 Å². The third kappa shape index (κ3) is 2.38. The number of oxime groups is 1. The summed E-state index contributed by atoms with van der Waals surface area (Å²) in [4.78, 5) is 4.92. The van der Waals surface area contributed by atoms with Crippen molar-refractivity contribution in [1.82, 2.24) is 4.90 Å². The highest BCUT2D eigenvalue weighted by Gasteiger charge is 2.48. The van der Waals surface area contributed by atoms with E-state index in [0.717, 1.165) is 36.9 Å². The molecule has 0 aromatic heterocycles. The molecule has 2 aliphatic carbocycles. The van der Waals surface area contributed by atoms with Crippen LogP contribution in [0.5, 0.6) is 0 Å². The van der Waals surface area contributed by atoms with Crippen LogP contribution in [0, 0.1) is 11.8 Å². The molecule has 0 unspecified atom stereocenters. The van der Waals surface area contributed by atoms with Crippen molar-refractivity contribution in [1.29, 1.82) is 0 Å². The minimum absolute atomic E-state index is 0.380. The molecule has 1 N–H and O–H groups in total. The fourth-order valence-electron chi connectivity index (χ4n) is 4.61. The number of hydrogen-bond acceptors (Lipinski definition) is 4. The number of benzene rings is 1. The van der Waals surface area contributed by atoms with Crippen LogP contribution in [0.2, 0.25) is 5.02 Å². The van der Waals surface area contributed by atoms with Crippen molar-refractivity contribution in [3.63, 3.8) is 0 Å². The molecule has 1 aromatic rings. The lowest BCUT2D eigenvalue weighted by Gasteiger charge is -2.41. The molecular formula is C17H22ClN3O. The van der Waals surface area contributed by atoms with E-state index in [-0.39, 0.29) is 0 Å². The van der Waals surface area contributed by atoms with Crippen molar-refractivity contribution in [2.75, 3.05) is 31.1 Å². The van der Waals surface area contributed by atoms with Crippen LogP contribution in [0.15, 0.2) is 29.4 Å². The summed E-state index contributed by atoms with van der Waals surface area (Å²) in [5.74, 6) is 1.24. The van der Waals surface area contributed by atoms with E-state index in [1.807, 2.05) is 18.2 Å². The van der Waals surface area contributed by atoms with Crippen LogP contribution in [-0.2, 0) is 0 Å². The molecule has 4 nitrogen and oxygen atoms in total. The number of hydrogen-bond donors (Lipinski definition) is 1. The SMILES string of the molecule is O/N=C1/[C@H]2CC[C@H](C2)[C@@H]1N1CCN(c2cccc(Cl)c2)CC1. The van der Waals surface area contributed by atoms with E-state index in [1.54, 1.807) is 0 Å². The second kappa shape index (κ2) is 5.74. The van der Waals surface area contributed by atoms with Gasteiger partial charge in [0.25, 0.3) is 0 Å². The highest BCUT2D eigenvalue weighted by molar-refractivity contribution is 6.30. The van der Waals surface area contributed by atoms with Gasteiger partial charge in [0.15, 0.2) is 0 Å². The average Bonchev–Trinajstić information content (AvgIpc) is 3.15. The van der Waals surface area contributed by atoms with Crippen molar-refractivity contribution < 1.29 is 5.21 Å². The first kappa shape index (κ1) is 14.3. The molecule has 3 aliphatic rings. The van der Waals surface area contributed by atoms with Crippen molar-refractivity contribution in [2.24, 2.45) is 17.0 Å². The first-order valence-corrected chi connectivity index (χ1v) is 8.60. The Kier molecular flexibility index (Phi) is 3.74. The summed E-state index contributed by atoms with van der Waals surface area (Å²) in [5.41, 5.74) is 2.25. The van der Waals surface area contributed by atoms with Gasteiger partial charge in [0, 0.05) is 42.8 Å². The molecule has 0 spiro atoms. The zero-order valence-corrected chi connectivity index (χ0v) is 13.4. The van der Waals surface area contributed by atoms with E-state index in [0.29, 0.717) is 17.9 Å². The van der Waals surface area contributed by atoms with E-state index in [1.165, 1.54) is 24.9 Å². The molecule has 2 saturated carbocycles. The van der Waals surface area contributed by atoms with Crippen LogP contribution in [0.3, 0.4) is 0 Å². The predicted octanol–water partition coefficient (Wildman–Crippen LogP) is 3.09. The zero-order chi connectivity index (χ0) is 15.1. The van der Waals surface area contributed by atoms with E-state index in [4.69, 9.17) is 11.6 Å². The van der Waals surface area contributed by atoms with Gasteiger partial charge in [-0.05, 0) is 43.4 Å². The smallest absolute Gasteiger partial charge is 0.0775 e. The van der Waals surface area contributed by atoms with Crippen molar-refractivity contribution >= 4 is 23.0 Å². The standard InChI is InChI=1S/C17H22ClN3O/c18-14-2-1-3-15(11-14)20-6-8-21(9-7-20)17-13-5-4-12(10-13)16(17)19-22/h1-3,11-13,17,22H,4-10H2/b19-16-/t12-,13+,17-/m0/s1. The summed E-state index contributed by atoms with van der Waals surface area (Å²) in [6, 6.07) is 8.47. The van der Waals surface area contributed by atoms with Crippen LogP contribution in [0.25, 0.3) is 0 Å². The summed E-state index contributed by atoms with van der Waals surface area (Å²) in [6.45, 7) is 4.07. The number of anilines is 1. The van der Waals surface area contributed by atoms with Crippen LogP contribution >= 0.6 is 11.6 Å². The van der Waals surface area contributed by atoms with Crippen LogP contribution in [0.1, 0.15) is 19.3 Å². The Morgan fingerprint density at radius 3 is 2.68 bits per heavy atom. The van der Waals surface area contributed by atoms with Gasteiger partial charge in [0.1, 0.15) is 0 Å². The van der Waals surface area contributed by atoms with E-state index < -0.39 is 0 Å². The number of halogens is 1. The maximum Gasteiger partial charge on any atom is 0.0775 e. The Morgan fingerprint density at radius 2 is 1.95 bits per heavy atom. The second-order valence-corrected chi connectivity index (χ2v) is 7.18. The molecular weight excluding hydrogens is 298 g/mol. The van der Waals surface area contributed by atoms with Crippen LogP contribution < -0.4 is 4.90 Å². The number of nitrogens with zero attached hydrogens (tertiary/aromatic N) is 3. The molecule has 1 aliphatic heterocycles. The molecule has 5 heteroatoms.